The van der Waals surface area contributed by atoms with Crippen LogP contribution in [0.4, 0.5) is 0 Å². The van der Waals surface area contributed by atoms with Crippen LogP contribution in [0.25, 0.3) is 0 Å². The number of ketones is 1. The molecule has 28 heavy (non-hydrogen) atoms. The van der Waals surface area contributed by atoms with E-state index in [1.54, 1.807) is 6.92 Å². The largest absolute Gasteiger partial charge is 0.461 e. The Morgan fingerprint density at radius 2 is 1.86 bits per heavy atom. The molecule has 1 saturated heterocycles. The molecule has 5 aliphatic rings. The Kier molecular flexibility index (Phi) is 4.45. The lowest BCUT2D eigenvalue weighted by Gasteiger charge is -2.61. The Morgan fingerprint density at radius 3 is 2.57 bits per heavy atom. The van der Waals surface area contributed by atoms with Crippen molar-refractivity contribution < 1.29 is 19.1 Å². The molecule has 0 amide bonds. The molecule has 0 bridgehead atoms. The molecule has 5 fully saturated rings. The van der Waals surface area contributed by atoms with Crippen LogP contribution >= 0.6 is 11.6 Å². The minimum absolute atomic E-state index is 0.0548. The number of esters is 1. The van der Waals surface area contributed by atoms with Gasteiger partial charge < -0.3 is 9.47 Å². The van der Waals surface area contributed by atoms with E-state index in [0.717, 1.165) is 25.7 Å². The van der Waals surface area contributed by atoms with Crippen LogP contribution in [0, 0.1) is 40.4 Å². The molecule has 4 nitrogen and oxygen atoms in total. The van der Waals surface area contributed by atoms with Crippen LogP contribution in [-0.2, 0) is 19.1 Å². The second-order valence-corrected chi connectivity index (χ2v) is 11.1. The highest BCUT2D eigenvalue weighted by molar-refractivity contribution is 6.26. The third-order valence-corrected chi connectivity index (χ3v) is 9.92. The van der Waals surface area contributed by atoms with Gasteiger partial charge in [-0.25, -0.2) is 0 Å². The van der Waals surface area contributed by atoms with Crippen molar-refractivity contribution in [1.82, 2.24) is 0 Å². The van der Waals surface area contributed by atoms with Crippen molar-refractivity contribution in [3.8, 4) is 0 Å². The Labute approximate surface area is 173 Å². The van der Waals surface area contributed by atoms with Gasteiger partial charge in [0, 0.05) is 11.8 Å². The quantitative estimate of drug-likeness (QED) is 0.395. The second kappa shape index (κ2) is 6.44. The first-order valence-electron chi connectivity index (χ1n) is 11.2. The number of Topliss-reactive ketones (excluding diaryl/α,β-unsaturated/α-hetero) is 1. The van der Waals surface area contributed by atoms with Crippen LogP contribution < -0.4 is 0 Å². The summed E-state index contributed by atoms with van der Waals surface area (Å²) in [6.45, 7) is 6.48. The third-order valence-electron chi connectivity index (χ3n) is 9.70. The van der Waals surface area contributed by atoms with Gasteiger partial charge in [-0.15, -0.1) is 11.6 Å². The molecule has 156 valence electrons. The van der Waals surface area contributed by atoms with Crippen molar-refractivity contribution in [3.63, 3.8) is 0 Å². The zero-order valence-corrected chi connectivity index (χ0v) is 18.0. The van der Waals surface area contributed by atoms with Crippen molar-refractivity contribution in [1.29, 1.82) is 0 Å². The van der Waals surface area contributed by atoms with E-state index in [-0.39, 0.29) is 34.7 Å². The van der Waals surface area contributed by atoms with E-state index in [1.807, 2.05) is 0 Å². The van der Waals surface area contributed by atoms with Crippen molar-refractivity contribution in [3.05, 3.63) is 0 Å². The Balaban J connectivity index is 1.53. The van der Waals surface area contributed by atoms with Crippen LogP contribution in [0.15, 0.2) is 0 Å². The molecule has 0 aromatic carbocycles. The summed E-state index contributed by atoms with van der Waals surface area (Å²) in [5, 5.41) is 0. The summed E-state index contributed by atoms with van der Waals surface area (Å²) in [4.78, 5) is 24.7. The fourth-order valence-corrected chi connectivity index (χ4v) is 8.65. The highest BCUT2D eigenvalue weighted by Crippen LogP contribution is 2.69. The Morgan fingerprint density at radius 1 is 1.07 bits per heavy atom. The van der Waals surface area contributed by atoms with Gasteiger partial charge in [-0.05, 0) is 80.5 Å². The molecule has 0 radical (unpaired) electrons. The van der Waals surface area contributed by atoms with Crippen molar-refractivity contribution in [2.45, 2.75) is 84.0 Å². The summed E-state index contributed by atoms with van der Waals surface area (Å²) < 4.78 is 12.0. The number of carbonyl (C=O) groups is 2. The maximum Gasteiger partial charge on any atom is 0.321 e. The first-order valence-corrected chi connectivity index (χ1v) is 11.7. The molecule has 1 aliphatic heterocycles. The van der Waals surface area contributed by atoms with Crippen LogP contribution in [0.1, 0.15) is 65.7 Å². The van der Waals surface area contributed by atoms with Gasteiger partial charge in [0.25, 0.3) is 0 Å². The average molecular weight is 409 g/mol. The standard InChI is InChI=1S/C23H33ClO4/c1-12(25)15-6-7-16-14-5-4-13-8-17-18(27-17)9-22(13,2)21(14)19(10-23(15,16)3)28-20(26)11-24/h13-19,21H,4-11H2,1-3H3/t13-,14-,15+,16-,17-,18+,19-,21+,22-,23+/m0/s1. The average Bonchev–Trinajstić information content (AvgIpc) is 3.27. The summed E-state index contributed by atoms with van der Waals surface area (Å²) in [6.07, 6.45) is 8.40. The number of hydrogen-bond acceptors (Lipinski definition) is 4. The van der Waals surface area contributed by atoms with E-state index in [9.17, 15) is 9.59 Å². The number of ether oxygens (including phenoxy) is 2. The number of carbonyl (C=O) groups excluding carboxylic acids is 2. The number of fused-ring (bicyclic) bond motifs is 6. The molecular formula is C23H33ClO4. The van der Waals surface area contributed by atoms with Crippen molar-refractivity contribution in [2.75, 3.05) is 5.88 Å². The smallest absolute Gasteiger partial charge is 0.321 e. The summed E-state index contributed by atoms with van der Waals surface area (Å²) >= 11 is 5.82. The number of halogens is 1. The molecular weight excluding hydrogens is 376 g/mol. The monoisotopic (exact) mass is 408 g/mol. The Hall–Kier alpha value is -0.610. The SMILES string of the molecule is CC(=O)[C@H]1CC[C@H]2[C@@H]3CC[C@H]4C[C@@H]5O[C@@H]5C[C@]4(C)[C@H]3[C@@H](OC(=O)CCl)C[C@]12C. The van der Waals surface area contributed by atoms with Crippen LogP contribution in [-0.4, -0.2) is 35.9 Å². The van der Waals surface area contributed by atoms with E-state index < -0.39 is 0 Å². The summed E-state index contributed by atoms with van der Waals surface area (Å²) in [7, 11) is 0. The van der Waals surface area contributed by atoms with Gasteiger partial charge in [0.15, 0.2) is 0 Å². The zero-order chi connectivity index (χ0) is 19.8. The summed E-state index contributed by atoms with van der Waals surface area (Å²) in [6, 6.07) is 0. The molecule has 4 aliphatic carbocycles. The van der Waals surface area contributed by atoms with Gasteiger partial charge in [0.1, 0.15) is 17.8 Å². The van der Waals surface area contributed by atoms with E-state index in [2.05, 4.69) is 13.8 Å². The molecule has 5 heteroatoms. The van der Waals surface area contributed by atoms with Gasteiger partial charge in [0.05, 0.1) is 12.2 Å². The number of alkyl halides is 1. The number of rotatable bonds is 3. The molecule has 5 rings (SSSR count). The van der Waals surface area contributed by atoms with E-state index >= 15 is 0 Å². The highest BCUT2D eigenvalue weighted by atomic mass is 35.5. The predicted octanol–water partition coefficient (Wildman–Crippen LogP) is 4.37. The van der Waals surface area contributed by atoms with Gasteiger partial charge in [-0.3, -0.25) is 9.59 Å². The van der Waals surface area contributed by atoms with Gasteiger partial charge in [0.2, 0.25) is 0 Å². The fourth-order valence-electron chi connectivity index (χ4n) is 8.59. The van der Waals surface area contributed by atoms with Gasteiger partial charge in [-0.1, -0.05) is 13.8 Å². The number of hydrogen-bond donors (Lipinski definition) is 0. The molecule has 0 N–H and O–H groups in total. The summed E-state index contributed by atoms with van der Waals surface area (Å²) in [5.74, 6) is 2.11. The van der Waals surface area contributed by atoms with Gasteiger partial charge >= 0.3 is 5.97 Å². The lowest BCUT2D eigenvalue weighted by Crippen LogP contribution is -2.60. The van der Waals surface area contributed by atoms with E-state index in [0.29, 0.717) is 41.7 Å². The summed E-state index contributed by atoms with van der Waals surface area (Å²) in [5.41, 5.74) is 0.105. The first-order chi connectivity index (χ1) is 13.3. The van der Waals surface area contributed by atoms with Crippen LogP contribution in [0.5, 0.6) is 0 Å². The first kappa shape index (κ1) is 19.4. The normalized spacial score (nSPS) is 54.0. The molecule has 10 atom stereocenters. The van der Waals surface area contributed by atoms with E-state index in [1.165, 1.54) is 19.3 Å². The molecule has 0 aromatic rings. The third kappa shape index (κ3) is 2.66. The second-order valence-electron chi connectivity index (χ2n) is 10.8. The zero-order valence-electron chi connectivity index (χ0n) is 17.3. The molecule has 0 aromatic heterocycles. The molecule has 1 heterocycles. The minimum Gasteiger partial charge on any atom is -0.461 e. The maximum absolute atomic E-state index is 12.4. The van der Waals surface area contributed by atoms with Crippen LogP contribution in [0.3, 0.4) is 0 Å². The lowest BCUT2D eigenvalue weighted by atomic mass is 9.44. The van der Waals surface area contributed by atoms with Crippen LogP contribution in [0.2, 0.25) is 0 Å². The number of epoxide rings is 1. The fraction of sp³-hybridized carbons (Fsp3) is 0.913. The van der Waals surface area contributed by atoms with Gasteiger partial charge in [-0.2, -0.15) is 0 Å². The van der Waals surface area contributed by atoms with Crippen molar-refractivity contribution >= 4 is 23.4 Å². The lowest BCUT2D eigenvalue weighted by molar-refractivity contribution is -0.191. The molecule has 4 saturated carbocycles. The minimum atomic E-state index is -0.313. The topological polar surface area (TPSA) is 55.9 Å². The van der Waals surface area contributed by atoms with E-state index in [4.69, 9.17) is 21.1 Å². The highest BCUT2D eigenvalue weighted by Gasteiger charge is 2.67. The Bertz CT molecular complexity index is 694. The predicted molar refractivity (Wildman–Crippen MR) is 106 cm³/mol. The maximum atomic E-state index is 12.4. The van der Waals surface area contributed by atoms with Crippen molar-refractivity contribution in [2.24, 2.45) is 40.4 Å². The molecule has 0 spiro atoms. The molecule has 0 unspecified atom stereocenters.